The molecule has 1 aliphatic rings. The molecule has 1 saturated heterocycles. The van der Waals surface area contributed by atoms with Crippen LogP contribution in [0, 0.1) is 0 Å². The van der Waals surface area contributed by atoms with Crippen LogP contribution in [0.4, 0.5) is 5.82 Å². The van der Waals surface area contributed by atoms with E-state index in [-0.39, 0.29) is 12.0 Å². The number of methoxy groups -OCH3 is 1. The summed E-state index contributed by atoms with van der Waals surface area (Å²) in [6, 6.07) is 3.78. The lowest BCUT2D eigenvalue weighted by atomic mass is 10.2. The van der Waals surface area contributed by atoms with Crippen LogP contribution in [0.2, 0.25) is 0 Å². The summed E-state index contributed by atoms with van der Waals surface area (Å²) in [5, 5.41) is 0. The quantitative estimate of drug-likeness (QED) is 0.684. The van der Waals surface area contributed by atoms with Crippen molar-refractivity contribution in [2.75, 3.05) is 51.4 Å². The Kier molecular flexibility index (Phi) is 6.80. The summed E-state index contributed by atoms with van der Waals surface area (Å²) in [7, 11) is 1.66. The number of carbonyl (C=O) groups is 1. The molecule has 1 amide bonds. The first-order valence-electron chi connectivity index (χ1n) is 8.30. The van der Waals surface area contributed by atoms with Gasteiger partial charge in [-0.3, -0.25) is 4.79 Å². The van der Waals surface area contributed by atoms with Crippen molar-refractivity contribution >= 4 is 11.7 Å². The fourth-order valence-corrected chi connectivity index (χ4v) is 2.78. The highest BCUT2D eigenvalue weighted by molar-refractivity contribution is 5.94. The molecule has 128 valence electrons. The first kappa shape index (κ1) is 17.7. The Bertz CT molecular complexity index is 488. The molecule has 0 N–H and O–H groups in total. The summed E-state index contributed by atoms with van der Waals surface area (Å²) >= 11 is 0. The SMILES string of the molecule is CCN(CC)c1ccc(C(=O)N2CCC(OCCOC)C2)cn1. The lowest BCUT2D eigenvalue weighted by Crippen LogP contribution is -2.30. The maximum absolute atomic E-state index is 12.5. The maximum atomic E-state index is 12.5. The molecular formula is C17H27N3O3. The van der Waals surface area contributed by atoms with E-state index >= 15 is 0 Å². The van der Waals surface area contributed by atoms with Crippen molar-refractivity contribution in [1.29, 1.82) is 0 Å². The van der Waals surface area contributed by atoms with Crippen LogP contribution in [0.15, 0.2) is 18.3 Å². The predicted molar refractivity (Wildman–Crippen MR) is 89.9 cm³/mol. The number of carbonyl (C=O) groups excluding carboxylic acids is 1. The molecule has 0 bridgehead atoms. The summed E-state index contributed by atoms with van der Waals surface area (Å²) < 4.78 is 10.7. The molecule has 6 heteroatoms. The zero-order chi connectivity index (χ0) is 16.7. The average molecular weight is 321 g/mol. The number of hydrogen-bond acceptors (Lipinski definition) is 5. The number of pyridine rings is 1. The maximum Gasteiger partial charge on any atom is 0.255 e. The van der Waals surface area contributed by atoms with Gasteiger partial charge in [0, 0.05) is 39.5 Å². The molecule has 1 unspecified atom stereocenters. The van der Waals surface area contributed by atoms with Crippen molar-refractivity contribution in [2.45, 2.75) is 26.4 Å². The largest absolute Gasteiger partial charge is 0.382 e. The van der Waals surface area contributed by atoms with E-state index in [1.54, 1.807) is 13.3 Å². The minimum absolute atomic E-state index is 0.0291. The molecule has 1 atom stereocenters. The molecule has 1 aromatic rings. The number of likely N-dealkylation sites (tertiary alicyclic amines) is 1. The standard InChI is InChI=1S/C17H27N3O3/c1-4-19(5-2)16-7-6-14(12-18-16)17(21)20-9-8-15(13-20)23-11-10-22-3/h6-7,12,15H,4-5,8-11,13H2,1-3H3. The van der Waals surface area contributed by atoms with Crippen LogP contribution >= 0.6 is 0 Å². The number of hydrogen-bond donors (Lipinski definition) is 0. The van der Waals surface area contributed by atoms with Crippen molar-refractivity contribution in [2.24, 2.45) is 0 Å². The van der Waals surface area contributed by atoms with Gasteiger partial charge in [-0.15, -0.1) is 0 Å². The number of aromatic nitrogens is 1. The molecule has 1 aliphatic heterocycles. The van der Waals surface area contributed by atoms with Gasteiger partial charge in [0.2, 0.25) is 0 Å². The highest BCUT2D eigenvalue weighted by atomic mass is 16.5. The van der Waals surface area contributed by atoms with Crippen LogP contribution in [0.3, 0.4) is 0 Å². The second kappa shape index (κ2) is 8.84. The van der Waals surface area contributed by atoms with Crippen LogP contribution in [0.1, 0.15) is 30.6 Å². The van der Waals surface area contributed by atoms with Crippen molar-refractivity contribution in [3.63, 3.8) is 0 Å². The van der Waals surface area contributed by atoms with Crippen molar-refractivity contribution < 1.29 is 14.3 Å². The molecule has 0 aliphatic carbocycles. The number of nitrogens with zero attached hydrogens (tertiary/aromatic N) is 3. The number of amides is 1. The number of ether oxygens (including phenoxy) is 2. The van der Waals surface area contributed by atoms with Gasteiger partial charge >= 0.3 is 0 Å². The molecule has 1 fully saturated rings. The minimum atomic E-state index is 0.0291. The third-order valence-electron chi connectivity index (χ3n) is 4.16. The highest BCUT2D eigenvalue weighted by Crippen LogP contribution is 2.17. The third kappa shape index (κ3) is 4.65. The Hall–Kier alpha value is -1.66. The van der Waals surface area contributed by atoms with E-state index in [1.807, 2.05) is 17.0 Å². The van der Waals surface area contributed by atoms with Gasteiger partial charge < -0.3 is 19.3 Å². The Morgan fingerprint density at radius 2 is 2.13 bits per heavy atom. The van der Waals surface area contributed by atoms with E-state index < -0.39 is 0 Å². The summed E-state index contributed by atoms with van der Waals surface area (Å²) in [5.41, 5.74) is 0.637. The number of anilines is 1. The second-order valence-corrected chi connectivity index (χ2v) is 5.60. The zero-order valence-corrected chi connectivity index (χ0v) is 14.3. The van der Waals surface area contributed by atoms with Gasteiger partial charge in [-0.1, -0.05) is 0 Å². The molecule has 0 spiro atoms. The van der Waals surface area contributed by atoms with Gasteiger partial charge in [-0.05, 0) is 32.4 Å². The number of rotatable bonds is 8. The molecule has 0 saturated carbocycles. The first-order chi connectivity index (χ1) is 11.2. The molecule has 0 aromatic carbocycles. The van der Waals surface area contributed by atoms with E-state index in [0.717, 1.165) is 31.9 Å². The fourth-order valence-electron chi connectivity index (χ4n) is 2.78. The van der Waals surface area contributed by atoms with Gasteiger partial charge in [0.1, 0.15) is 5.82 Å². The zero-order valence-electron chi connectivity index (χ0n) is 14.3. The topological polar surface area (TPSA) is 54.9 Å². The average Bonchev–Trinajstić information content (AvgIpc) is 3.05. The Balaban J connectivity index is 1.91. The summed E-state index contributed by atoms with van der Waals surface area (Å²) in [6.45, 7) is 8.53. The summed E-state index contributed by atoms with van der Waals surface area (Å²) in [5.74, 6) is 0.940. The smallest absolute Gasteiger partial charge is 0.255 e. The van der Waals surface area contributed by atoms with E-state index in [9.17, 15) is 4.79 Å². The molecule has 1 aromatic heterocycles. The Labute approximate surface area is 138 Å². The van der Waals surface area contributed by atoms with Crippen LogP contribution in [0.25, 0.3) is 0 Å². The summed E-state index contributed by atoms with van der Waals surface area (Å²) in [4.78, 5) is 21.0. The van der Waals surface area contributed by atoms with E-state index in [4.69, 9.17) is 9.47 Å². The Morgan fingerprint density at radius 1 is 1.35 bits per heavy atom. The Morgan fingerprint density at radius 3 is 2.74 bits per heavy atom. The van der Waals surface area contributed by atoms with Gasteiger partial charge in [0.05, 0.1) is 24.9 Å². The van der Waals surface area contributed by atoms with Gasteiger partial charge in [0.15, 0.2) is 0 Å². The van der Waals surface area contributed by atoms with Crippen LogP contribution in [-0.4, -0.2) is 68.4 Å². The first-order valence-corrected chi connectivity index (χ1v) is 8.30. The third-order valence-corrected chi connectivity index (χ3v) is 4.16. The van der Waals surface area contributed by atoms with Crippen molar-refractivity contribution in [1.82, 2.24) is 9.88 Å². The van der Waals surface area contributed by atoms with E-state index in [0.29, 0.717) is 25.3 Å². The fraction of sp³-hybridized carbons (Fsp3) is 0.647. The lowest BCUT2D eigenvalue weighted by molar-refractivity contribution is 0.0218. The van der Waals surface area contributed by atoms with Gasteiger partial charge in [-0.2, -0.15) is 0 Å². The van der Waals surface area contributed by atoms with Crippen LogP contribution in [-0.2, 0) is 9.47 Å². The van der Waals surface area contributed by atoms with E-state index in [1.165, 1.54) is 0 Å². The lowest BCUT2D eigenvalue weighted by Gasteiger charge is -2.20. The van der Waals surface area contributed by atoms with Crippen LogP contribution < -0.4 is 4.90 Å². The van der Waals surface area contributed by atoms with Crippen molar-refractivity contribution in [3.8, 4) is 0 Å². The molecule has 2 heterocycles. The molecule has 2 rings (SSSR count). The minimum Gasteiger partial charge on any atom is -0.382 e. The highest BCUT2D eigenvalue weighted by Gasteiger charge is 2.27. The molecule has 23 heavy (non-hydrogen) atoms. The monoisotopic (exact) mass is 321 g/mol. The van der Waals surface area contributed by atoms with Crippen molar-refractivity contribution in [3.05, 3.63) is 23.9 Å². The molecule has 0 radical (unpaired) electrons. The normalized spacial score (nSPS) is 17.5. The summed E-state index contributed by atoms with van der Waals surface area (Å²) in [6.07, 6.45) is 2.66. The van der Waals surface area contributed by atoms with Crippen LogP contribution in [0.5, 0.6) is 0 Å². The van der Waals surface area contributed by atoms with E-state index in [2.05, 4.69) is 23.7 Å². The van der Waals surface area contributed by atoms with Gasteiger partial charge in [-0.25, -0.2) is 4.98 Å². The second-order valence-electron chi connectivity index (χ2n) is 5.60. The molecule has 6 nitrogen and oxygen atoms in total. The predicted octanol–water partition coefficient (Wildman–Crippen LogP) is 1.81. The molecular weight excluding hydrogens is 294 g/mol. The van der Waals surface area contributed by atoms with Gasteiger partial charge in [0.25, 0.3) is 5.91 Å².